The predicted molar refractivity (Wildman–Crippen MR) is 106 cm³/mol. The van der Waals surface area contributed by atoms with Crippen LogP contribution in [-0.2, 0) is 15.3 Å². The topological polar surface area (TPSA) is 77.8 Å². The molecule has 5 heteroatoms. The summed E-state index contributed by atoms with van der Waals surface area (Å²) in [4.78, 5) is 27.5. The first-order valence-electron chi connectivity index (χ1n) is 9.49. The van der Waals surface area contributed by atoms with Gasteiger partial charge in [-0.05, 0) is 6.92 Å². The Kier molecular flexibility index (Phi) is 5.17. The monoisotopic (exact) mass is 381 g/mol. The molecule has 1 amide bonds. The molecule has 3 rings (SSSR count). The van der Waals surface area contributed by atoms with E-state index in [4.69, 9.17) is 0 Å². The summed E-state index contributed by atoms with van der Waals surface area (Å²) in [5.74, 6) is -1.50. The SMILES string of the molecule is CC(O)[C@H]1C(=O)N(C(O)(c2ccccc2)c2ccccc2)[C@@H]1C(=O)C(C)(C)C. The van der Waals surface area contributed by atoms with Crippen LogP contribution in [0, 0.1) is 11.3 Å². The van der Waals surface area contributed by atoms with Crippen molar-refractivity contribution < 1.29 is 19.8 Å². The van der Waals surface area contributed by atoms with Gasteiger partial charge in [-0.15, -0.1) is 0 Å². The Labute approximate surface area is 165 Å². The first kappa shape index (κ1) is 20.2. The number of nitrogens with zero attached hydrogens (tertiary/aromatic N) is 1. The highest BCUT2D eigenvalue weighted by Crippen LogP contribution is 2.45. The van der Waals surface area contributed by atoms with Crippen molar-refractivity contribution in [3.05, 3.63) is 71.8 Å². The first-order valence-corrected chi connectivity index (χ1v) is 9.49. The fourth-order valence-electron chi connectivity index (χ4n) is 3.85. The zero-order valence-corrected chi connectivity index (χ0v) is 16.7. The van der Waals surface area contributed by atoms with Crippen molar-refractivity contribution in [2.45, 2.75) is 45.6 Å². The molecule has 1 saturated heterocycles. The minimum absolute atomic E-state index is 0.191. The smallest absolute Gasteiger partial charge is 0.234 e. The number of rotatable bonds is 5. The molecule has 0 radical (unpaired) electrons. The third-order valence-corrected chi connectivity index (χ3v) is 5.37. The van der Waals surface area contributed by atoms with E-state index in [1.54, 1.807) is 69.3 Å². The number of ketones is 1. The molecule has 1 unspecified atom stereocenters. The highest BCUT2D eigenvalue weighted by molar-refractivity contribution is 6.03. The molecule has 3 atom stereocenters. The number of carbonyl (C=O) groups is 2. The van der Waals surface area contributed by atoms with Crippen LogP contribution >= 0.6 is 0 Å². The lowest BCUT2D eigenvalue weighted by molar-refractivity contribution is -0.207. The van der Waals surface area contributed by atoms with Gasteiger partial charge in [0, 0.05) is 16.5 Å². The van der Waals surface area contributed by atoms with Gasteiger partial charge in [0.25, 0.3) is 0 Å². The van der Waals surface area contributed by atoms with Crippen LogP contribution in [-0.4, -0.2) is 38.9 Å². The normalized spacial score (nSPS) is 21.2. The van der Waals surface area contributed by atoms with Gasteiger partial charge >= 0.3 is 0 Å². The zero-order chi connectivity index (χ0) is 20.7. The number of amides is 1. The number of aliphatic hydroxyl groups is 2. The first-order chi connectivity index (χ1) is 13.1. The number of hydrogen-bond acceptors (Lipinski definition) is 4. The second kappa shape index (κ2) is 7.15. The van der Waals surface area contributed by atoms with E-state index in [9.17, 15) is 19.8 Å². The number of hydrogen-bond donors (Lipinski definition) is 2. The Morgan fingerprint density at radius 3 is 1.75 bits per heavy atom. The largest absolute Gasteiger partial charge is 0.392 e. The van der Waals surface area contributed by atoms with Crippen LogP contribution in [0.2, 0.25) is 0 Å². The number of likely N-dealkylation sites (tertiary alicyclic amines) is 1. The molecule has 2 aromatic rings. The molecule has 0 aliphatic carbocycles. The summed E-state index contributed by atoms with van der Waals surface area (Å²) in [7, 11) is 0. The summed E-state index contributed by atoms with van der Waals surface area (Å²) in [6.45, 7) is 6.84. The van der Waals surface area contributed by atoms with E-state index in [0.29, 0.717) is 11.1 Å². The highest BCUT2D eigenvalue weighted by atomic mass is 16.3. The molecule has 1 aliphatic heterocycles. The van der Waals surface area contributed by atoms with Gasteiger partial charge < -0.3 is 10.2 Å². The van der Waals surface area contributed by atoms with Crippen molar-refractivity contribution in [3.8, 4) is 0 Å². The van der Waals surface area contributed by atoms with Crippen LogP contribution < -0.4 is 0 Å². The van der Waals surface area contributed by atoms with Gasteiger partial charge in [0.1, 0.15) is 6.04 Å². The molecule has 5 nitrogen and oxygen atoms in total. The van der Waals surface area contributed by atoms with Gasteiger partial charge in [-0.2, -0.15) is 0 Å². The van der Waals surface area contributed by atoms with Gasteiger partial charge in [0.15, 0.2) is 11.5 Å². The molecule has 0 aromatic heterocycles. The maximum absolute atomic E-state index is 13.2. The fourth-order valence-corrected chi connectivity index (χ4v) is 3.85. The second-order valence-corrected chi connectivity index (χ2v) is 8.44. The average molecular weight is 381 g/mol. The van der Waals surface area contributed by atoms with E-state index in [2.05, 4.69) is 0 Å². The van der Waals surface area contributed by atoms with E-state index < -0.39 is 35.1 Å². The average Bonchev–Trinajstić information content (AvgIpc) is 2.65. The van der Waals surface area contributed by atoms with E-state index in [1.165, 1.54) is 11.8 Å². The van der Waals surface area contributed by atoms with Crippen molar-refractivity contribution in [2.24, 2.45) is 11.3 Å². The summed E-state index contributed by atoms with van der Waals surface area (Å²) >= 11 is 0. The Morgan fingerprint density at radius 1 is 0.964 bits per heavy atom. The molecule has 1 aliphatic rings. The Bertz CT molecular complexity index is 816. The van der Waals surface area contributed by atoms with E-state index in [1.807, 2.05) is 12.1 Å². The zero-order valence-electron chi connectivity index (χ0n) is 16.7. The number of Topliss-reactive ketones (excluding diaryl/α,β-unsaturated/α-hetero) is 1. The Morgan fingerprint density at radius 2 is 1.39 bits per heavy atom. The van der Waals surface area contributed by atoms with Crippen molar-refractivity contribution in [1.82, 2.24) is 4.90 Å². The number of benzene rings is 2. The molecule has 2 aromatic carbocycles. The van der Waals surface area contributed by atoms with Crippen LogP contribution in [0.3, 0.4) is 0 Å². The standard InChI is InChI=1S/C23H27NO4/c1-15(25)18-19(20(26)22(2,3)4)24(21(18)27)23(28,16-11-7-5-8-12-16)17-13-9-6-10-14-17/h5-15,18-19,25,28H,1-4H3/t15?,18-,19+/m1/s1. The van der Waals surface area contributed by atoms with E-state index in [0.717, 1.165) is 0 Å². The third-order valence-electron chi connectivity index (χ3n) is 5.37. The highest BCUT2D eigenvalue weighted by Gasteiger charge is 2.62. The Hall–Kier alpha value is -2.50. The lowest BCUT2D eigenvalue weighted by atomic mass is 9.71. The van der Waals surface area contributed by atoms with Crippen LogP contribution in [0.25, 0.3) is 0 Å². The van der Waals surface area contributed by atoms with Crippen LogP contribution in [0.15, 0.2) is 60.7 Å². The minimum Gasteiger partial charge on any atom is -0.392 e. The number of carbonyl (C=O) groups excluding carboxylic acids is 2. The van der Waals surface area contributed by atoms with Gasteiger partial charge in [-0.1, -0.05) is 81.4 Å². The van der Waals surface area contributed by atoms with Crippen LogP contribution in [0.4, 0.5) is 0 Å². The minimum atomic E-state index is -1.81. The summed E-state index contributed by atoms with van der Waals surface area (Å²) in [6, 6.07) is 16.8. The molecule has 2 N–H and O–H groups in total. The van der Waals surface area contributed by atoms with Crippen LogP contribution in [0.1, 0.15) is 38.8 Å². The molecule has 1 heterocycles. The van der Waals surface area contributed by atoms with Gasteiger partial charge in [0.05, 0.1) is 12.0 Å². The number of β-lactam (4-membered cyclic amide) rings is 1. The maximum Gasteiger partial charge on any atom is 0.234 e. The molecular weight excluding hydrogens is 354 g/mol. The number of aliphatic hydroxyl groups excluding tert-OH is 1. The second-order valence-electron chi connectivity index (χ2n) is 8.44. The van der Waals surface area contributed by atoms with Gasteiger partial charge in [-0.25, -0.2) is 0 Å². The summed E-state index contributed by atoms with van der Waals surface area (Å²) in [6.07, 6.45) is -0.990. The lowest BCUT2D eigenvalue weighted by Crippen LogP contribution is -2.74. The maximum atomic E-state index is 13.2. The lowest BCUT2D eigenvalue weighted by Gasteiger charge is -2.56. The summed E-state index contributed by atoms with van der Waals surface area (Å²) < 4.78 is 0. The molecule has 0 bridgehead atoms. The molecule has 148 valence electrons. The predicted octanol–water partition coefficient (Wildman–Crippen LogP) is 2.70. The van der Waals surface area contributed by atoms with E-state index >= 15 is 0 Å². The van der Waals surface area contributed by atoms with E-state index in [-0.39, 0.29) is 5.78 Å². The summed E-state index contributed by atoms with van der Waals surface area (Å²) in [5, 5.41) is 22.1. The Balaban J connectivity index is 2.19. The molecule has 0 saturated carbocycles. The quantitative estimate of drug-likeness (QED) is 0.781. The molecule has 28 heavy (non-hydrogen) atoms. The van der Waals surface area contributed by atoms with Crippen molar-refractivity contribution in [1.29, 1.82) is 0 Å². The molecule has 1 fully saturated rings. The summed E-state index contributed by atoms with van der Waals surface area (Å²) in [5.41, 5.74) is -1.56. The van der Waals surface area contributed by atoms with Crippen molar-refractivity contribution in [3.63, 3.8) is 0 Å². The fraction of sp³-hybridized carbons (Fsp3) is 0.391. The third kappa shape index (κ3) is 3.15. The van der Waals surface area contributed by atoms with Crippen molar-refractivity contribution in [2.75, 3.05) is 0 Å². The van der Waals surface area contributed by atoms with Crippen LogP contribution in [0.5, 0.6) is 0 Å². The van der Waals surface area contributed by atoms with Crippen molar-refractivity contribution >= 4 is 11.7 Å². The molecular formula is C23H27NO4. The van der Waals surface area contributed by atoms with Gasteiger partial charge in [-0.3, -0.25) is 14.5 Å². The van der Waals surface area contributed by atoms with Gasteiger partial charge in [0.2, 0.25) is 5.91 Å². The molecule has 0 spiro atoms.